The molecule has 90 valence electrons. The summed E-state index contributed by atoms with van der Waals surface area (Å²) in [4.78, 5) is 0. The van der Waals surface area contributed by atoms with Crippen molar-refractivity contribution in [2.45, 2.75) is 12.2 Å². The van der Waals surface area contributed by atoms with E-state index in [-0.39, 0.29) is 0 Å². The van der Waals surface area contributed by atoms with E-state index in [0.717, 1.165) is 16.5 Å². The average Bonchev–Trinajstić information content (AvgIpc) is 2.23. The van der Waals surface area contributed by atoms with Crippen molar-refractivity contribution in [2.75, 3.05) is 25.2 Å². The number of benzene rings is 1. The lowest BCUT2D eigenvalue weighted by Gasteiger charge is -2.06. The second-order valence-corrected chi connectivity index (χ2v) is 5.97. The Bertz CT molecular complexity index is 371. The summed E-state index contributed by atoms with van der Waals surface area (Å²) in [5, 5.41) is 0. The van der Waals surface area contributed by atoms with Crippen molar-refractivity contribution < 1.29 is 8.95 Å². The van der Waals surface area contributed by atoms with Crippen molar-refractivity contribution in [1.29, 1.82) is 0 Å². The van der Waals surface area contributed by atoms with Crippen molar-refractivity contribution in [2.24, 2.45) is 0 Å². The first-order valence-corrected chi connectivity index (χ1v) is 7.29. The summed E-state index contributed by atoms with van der Waals surface area (Å²) in [6.45, 7) is 0.654. The Labute approximate surface area is 107 Å². The maximum atomic E-state index is 11.7. The van der Waals surface area contributed by atoms with Crippen molar-refractivity contribution in [3.05, 3.63) is 28.2 Å². The molecule has 0 saturated carbocycles. The summed E-state index contributed by atoms with van der Waals surface area (Å²) < 4.78 is 17.6. The van der Waals surface area contributed by atoms with Crippen LogP contribution in [0.15, 0.2) is 22.7 Å². The number of methoxy groups -OCH3 is 1. The molecule has 0 aliphatic rings. The van der Waals surface area contributed by atoms with E-state index in [1.54, 1.807) is 7.11 Å². The summed E-state index contributed by atoms with van der Waals surface area (Å²) in [6.07, 6.45) is 0.819. The van der Waals surface area contributed by atoms with Crippen molar-refractivity contribution in [3.63, 3.8) is 0 Å². The summed E-state index contributed by atoms with van der Waals surface area (Å²) in [5.41, 5.74) is 7.47. The van der Waals surface area contributed by atoms with Gasteiger partial charge < -0.3 is 10.5 Å². The van der Waals surface area contributed by atoms with Crippen LogP contribution in [0.4, 0.5) is 5.69 Å². The minimum Gasteiger partial charge on any atom is -0.398 e. The molecule has 1 aromatic rings. The summed E-state index contributed by atoms with van der Waals surface area (Å²) in [6, 6.07) is 5.66. The van der Waals surface area contributed by atoms with Gasteiger partial charge in [0.05, 0.1) is 5.75 Å². The Hall–Kier alpha value is -0.390. The highest BCUT2D eigenvalue weighted by atomic mass is 79.9. The molecule has 0 bridgehead atoms. The number of hydrogen-bond acceptors (Lipinski definition) is 3. The molecule has 5 heteroatoms. The van der Waals surface area contributed by atoms with Gasteiger partial charge in [0.25, 0.3) is 0 Å². The third-order valence-corrected chi connectivity index (χ3v) is 4.02. The van der Waals surface area contributed by atoms with Gasteiger partial charge in [-0.2, -0.15) is 0 Å². The van der Waals surface area contributed by atoms with E-state index in [4.69, 9.17) is 10.5 Å². The molecule has 1 aromatic carbocycles. The molecule has 0 aromatic heterocycles. The van der Waals surface area contributed by atoms with Gasteiger partial charge in [0, 0.05) is 40.4 Å². The second kappa shape index (κ2) is 7.04. The molecule has 0 saturated heterocycles. The van der Waals surface area contributed by atoms with E-state index in [9.17, 15) is 4.21 Å². The minimum atomic E-state index is -0.865. The van der Waals surface area contributed by atoms with Gasteiger partial charge in [-0.15, -0.1) is 0 Å². The molecule has 3 nitrogen and oxygen atoms in total. The highest BCUT2D eigenvalue weighted by Crippen LogP contribution is 2.19. The maximum absolute atomic E-state index is 11.7. The smallest absolute Gasteiger partial charge is 0.0506 e. The molecule has 0 heterocycles. The summed E-state index contributed by atoms with van der Waals surface area (Å²) in [7, 11) is 0.784. The van der Waals surface area contributed by atoms with Gasteiger partial charge in [-0.05, 0) is 24.1 Å². The van der Waals surface area contributed by atoms with Crippen LogP contribution in [0.25, 0.3) is 0 Å². The van der Waals surface area contributed by atoms with Gasteiger partial charge in [-0.1, -0.05) is 22.0 Å². The molecule has 1 rings (SSSR count). The van der Waals surface area contributed by atoms with E-state index in [1.807, 2.05) is 18.2 Å². The van der Waals surface area contributed by atoms with Gasteiger partial charge >= 0.3 is 0 Å². The molecule has 0 amide bonds. The predicted molar refractivity (Wildman–Crippen MR) is 71.8 cm³/mol. The van der Waals surface area contributed by atoms with E-state index < -0.39 is 10.8 Å². The lowest BCUT2D eigenvalue weighted by Crippen LogP contribution is -2.05. The van der Waals surface area contributed by atoms with Crippen LogP contribution in [0.5, 0.6) is 0 Å². The molecular formula is C11H16BrNO2S. The van der Waals surface area contributed by atoms with Crippen molar-refractivity contribution in [1.82, 2.24) is 0 Å². The van der Waals surface area contributed by atoms with E-state index in [0.29, 0.717) is 23.8 Å². The molecular weight excluding hydrogens is 290 g/mol. The zero-order valence-corrected chi connectivity index (χ0v) is 11.6. The van der Waals surface area contributed by atoms with Crippen LogP contribution in [-0.2, 0) is 21.3 Å². The Kier molecular flexibility index (Phi) is 6.01. The average molecular weight is 306 g/mol. The lowest BCUT2D eigenvalue weighted by molar-refractivity contribution is 0.200. The number of hydrogen-bond donors (Lipinski definition) is 1. The number of rotatable bonds is 6. The number of nitrogen functional groups attached to an aromatic ring is 1. The lowest BCUT2D eigenvalue weighted by atomic mass is 10.2. The van der Waals surface area contributed by atoms with Crippen LogP contribution >= 0.6 is 15.9 Å². The summed E-state index contributed by atoms with van der Waals surface area (Å²) >= 11 is 3.34. The summed E-state index contributed by atoms with van der Waals surface area (Å²) in [5.74, 6) is 1.17. The van der Waals surface area contributed by atoms with Crippen LogP contribution in [0.2, 0.25) is 0 Å². The van der Waals surface area contributed by atoms with E-state index >= 15 is 0 Å². The number of halogens is 1. The van der Waals surface area contributed by atoms with Gasteiger partial charge in [-0.3, -0.25) is 4.21 Å². The predicted octanol–water partition coefficient (Wildman–Crippen LogP) is 2.32. The number of anilines is 1. The standard InChI is InChI=1S/C11H16BrNO2S/c1-15-5-2-6-16(14)8-9-3-4-10(12)7-11(9)13/h3-4,7H,2,5-6,8,13H2,1H3. The maximum Gasteiger partial charge on any atom is 0.0506 e. The van der Waals surface area contributed by atoms with Crippen LogP contribution in [0, 0.1) is 0 Å². The SMILES string of the molecule is COCCCS(=O)Cc1ccc(Br)cc1N. The van der Waals surface area contributed by atoms with Crippen molar-refractivity contribution in [3.8, 4) is 0 Å². The molecule has 2 N–H and O–H groups in total. The molecule has 16 heavy (non-hydrogen) atoms. The van der Waals surface area contributed by atoms with Crippen molar-refractivity contribution >= 4 is 32.4 Å². The van der Waals surface area contributed by atoms with Gasteiger partial charge in [-0.25, -0.2) is 0 Å². The molecule has 0 aliphatic carbocycles. The van der Waals surface area contributed by atoms with Crippen LogP contribution in [0.3, 0.4) is 0 Å². The molecule has 1 atom stereocenters. The molecule has 1 unspecified atom stereocenters. The Balaban J connectivity index is 2.49. The Morgan fingerprint density at radius 3 is 2.88 bits per heavy atom. The molecule has 0 aliphatic heterocycles. The van der Waals surface area contributed by atoms with E-state index in [1.165, 1.54) is 0 Å². The zero-order chi connectivity index (χ0) is 12.0. The molecule has 0 spiro atoms. The van der Waals surface area contributed by atoms with Crippen LogP contribution < -0.4 is 5.73 Å². The number of ether oxygens (including phenoxy) is 1. The normalized spacial score (nSPS) is 12.6. The Morgan fingerprint density at radius 2 is 2.25 bits per heavy atom. The number of nitrogens with two attached hydrogens (primary N) is 1. The zero-order valence-electron chi connectivity index (χ0n) is 9.24. The molecule has 0 fully saturated rings. The van der Waals surface area contributed by atoms with Crippen LogP contribution in [-0.4, -0.2) is 23.7 Å². The van der Waals surface area contributed by atoms with E-state index in [2.05, 4.69) is 15.9 Å². The Morgan fingerprint density at radius 1 is 1.50 bits per heavy atom. The largest absolute Gasteiger partial charge is 0.398 e. The second-order valence-electron chi connectivity index (χ2n) is 3.48. The quantitative estimate of drug-likeness (QED) is 0.648. The highest BCUT2D eigenvalue weighted by Gasteiger charge is 2.05. The fraction of sp³-hybridized carbons (Fsp3) is 0.455. The minimum absolute atomic E-state index is 0.517. The van der Waals surface area contributed by atoms with Gasteiger partial charge in [0.15, 0.2) is 0 Å². The van der Waals surface area contributed by atoms with Crippen LogP contribution in [0.1, 0.15) is 12.0 Å². The van der Waals surface area contributed by atoms with Gasteiger partial charge in [0.1, 0.15) is 0 Å². The fourth-order valence-corrected chi connectivity index (χ4v) is 2.88. The van der Waals surface area contributed by atoms with Gasteiger partial charge in [0.2, 0.25) is 0 Å². The first kappa shape index (κ1) is 13.7. The first-order valence-electron chi connectivity index (χ1n) is 5.01. The highest BCUT2D eigenvalue weighted by molar-refractivity contribution is 9.10. The fourth-order valence-electron chi connectivity index (χ4n) is 1.31. The third-order valence-electron chi connectivity index (χ3n) is 2.14. The topological polar surface area (TPSA) is 52.3 Å². The molecule has 0 radical (unpaired) electrons. The first-order chi connectivity index (χ1) is 7.63. The monoisotopic (exact) mass is 305 g/mol. The third kappa shape index (κ3) is 4.63.